The molecule has 2 rings (SSSR count). The van der Waals surface area contributed by atoms with Crippen LogP contribution >= 0.6 is 23.1 Å². The minimum absolute atomic E-state index is 0.179. The maximum absolute atomic E-state index is 11.1. The van der Waals surface area contributed by atoms with E-state index in [-0.39, 0.29) is 11.5 Å². The lowest BCUT2D eigenvalue weighted by molar-refractivity contribution is 0.0696. The number of carboxylic acid groups (broad SMARTS) is 1. The Morgan fingerprint density at radius 3 is 2.78 bits per heavy atom. The minimum atomic E-state index is -0.946. The number of hydrogen-bond donors (Lipinski definition) is 1. The second-order valence-corrected chi connectivity index (χ2v) is 5.99. The van der Waals surface area contributed by atoms with Crippen LogP contribution in [0.1, 0.15) is 35.8 Å². The van der Waals surface area contributed by atoms with Crippen LogP contribution < -0.4 is 0 Å². The summed E-state index contributed by atoms with van der Waals surface area (Å²) in [4.78, 5) is 15.5. The molecule has 0 bridgehead atoms. The van der Waals surface area contributed by atoms with Gasteiger partial charge in [0.25, 0.3) is 0 Å². The lowest BCUT2D eigenvalue weighted by Gasteiger charge is -2.07. The van der Waals surface area contributed by atoms with Crippen molar-refractivity contribution in [2.24, 2.45) is 0 Å². The van der Waals surface area contributed by atoms with Gasteiger partial charge in [0.15, 0.2) is 4.34 Å². The molecule has 0 saturated heterocycles. The van der Waals surface area contributed by atoms with Gasteiger partial charge < -0.3 is 5.11 Å². The summed E-state index contributed by atoms with van der Waals surface area (Å²) in [7, 11) is 0. The number of carbonyl (C=O) groups is 1. The number of nitrogens with zero attached hydrogens (tertiary/aromatic N) is 3. The summed E-state index contributed by atoms with van der Waals surface area (Å²) in [6.07, 6.45) is 0. The predicted octanol–water partition coefficient (Wildman–Crippen LogP) is 2.91. The van der Waals surface area contributed by atoms with E-state index in [0.29, 0.717) is 5.03 Å². The average Bonchev–Trinajstić information content (AvgIpc) is 2.81. The van der Waals surface area contributed by atoms with Crippen LogP contribution in [0.25, 0.3) is 0 Å². The van der Waals surface area contributed by atoms with Crippen LogP contribution in [-0.2, 0) is 0 Å². The predicted molar refractivity (Wildman–Crippen MR) is 69.3 cm³/mol. The molecule has 0 aliphatic heterocycles. The zero-order valence-electron chi connectivity index (χ0n) is 9.82. The second kappa shape index (κ2) is 5.45. The Morgan fingerprint density at radius 2 is 2.22 bits per heavy atom. The molecule has 0 amide bonds. The topological polar surface area (TPSA) is 76.0 Å². The van der Waals surface area contributed by atoms with Crippen molar-refractivity contribution < 1.29 is 9.90 Å². The fourth-order valence-corrected chi connectivity index (χ4v) is 2.75. The smallest absolute Gasteiger partial charge is 0.335 e. The monoisotopic (exact) mass is 281 g/mol. The van der Waals surface area contributed by atoms with Crippen molar-refractivity contribution >= 4 is 29.1 Å². The molecule has 0 saturated carbocycles. The van der Waals surface area contributed by atoms with Crippen LogP contribution in [0, 0.1) is 0 Å². The third kappa shape index (κ3) is 3.05. The number of hydrogen-bond acceptors (Lipinski definition) is 6. The maximum Gasteiger partial charge on any atom is 0.335 e. The number of pyridine rings is 1. The van der Waals surface area contributed by atoms with Gasteiger partial charge >= 0.3 is 5.97 Å². The van der Waals surface area contributed by atoms with Crippen molar-refractivity contribution in [2.45, 2.75) is 29.1 Å². The third-order valence-corrected chi connectivity index (χ3v) is 3.89. The highest BCUT2D eigenvalue weighted by Crippen LogP contribution is 2.29. The highest BCUT2D eigenvalue weighted by Gasteiger charge is 2.12. The van der Waals surface area contributed by atoms with Crippen LogP contribution in [0.5, 0.6) is 0 Å². The average molecular weight is 281 g/mol. The first-order valence-corrected chi connectivity index (χ1v) is 6.95. The van der Waals surface area contributed by atoms with Gasteiger partial charge in [0.05, 0.1) is 5.56 Å². The molecule has 0 atom stereocenters. The van der Waals surface area contributed by atoms with Crippen molar-refractivity contribution in [3.05, 3.63) is 28.9 Å². The van der Waals surface area contributed by atoms with E-state index in [9.17, 15) is 4.79 Å². The van der Waals surface area contributed by atoms with Crippen molar-refractivity contribution in [1.82, 2.24) is 15.2 Å². The summed E-state index contributed by atoms with van der Waals surface area (Å²) in [5, 5.41) is 17.4. The van der Waals surface area contributed by atoms with Crippen molar-refractivity contribution in [3.63, 3.8) is 0 Å². The Labute approximate surface area is 112 Å². The lowest BCUT2D eigenvalue weighted by atomic mass is 10.1. The highest BCUT2D eigenvalue weighted by atomic mass is 32.2. The number of aromatic nitrogens is 3. The van der Waals surface area contributed by atoms with E-state index in [1.165, 1.54) is 23.1 Å². The molecule has 7 heteroatoms. The largest absolute Gasteiger partial charge is 0.478 e. The van der Waals surface area contributed by atoms with Gasteiger partial charge in [0, 0.05) is 5.69 Å². The first kappa shape index (κ1) is 13.0. The van der Waals surface area contributed by atoms with Gasteiger partial charge in [-0.25, -0.2) is 9.78 Å². The Balaban J connectivity index is 2.37. The van der Waals surface area contributed by atoms with Gasteiger partial charge in [-0.05, 0) is 29.8 Å². The van der Waals surface area contributed by atoms with Gasteiger partial charge in [-0.3, -0.25) is 0 Å². The standard InChI is InChI=1S/C11H11N3O2S2/c1-6(2)8-3-7(10(15)16)4-9(13-8)18-11-14-12-5-17-11/h3-6H,1-2H3,(H,15,16). The van der Waals surface area contributed by atoms with Crippen LogP contribution in [0.4, 0.5) is 0 Å². The molecule has 5 nitrogen and oxygen atoms in total. The van der Waals surface area contributed by atoms with Gasteiger partial charge in [0.1, 0.15) is 10.5 Å². The summed E-state index contributed by atoms with van der Waals surface area (Å²) in [5.74, 6) is -0.767. The van der Waals surface area contributed by atoms with Gasteiger partial charge in [-0.15, -0.1) is 10.2 Å². The summed E-state index contributed by atoms with van der Waals surface area (Å²) in [6.45, 7) is 3.96. The van der Waals surface area contributed by atoms with Crippen LogP contribution in [0.2, 0.25) is 0 Å². The number of carboxylic acids is 1. The molecule has 94 valence electrons. The molecule has 2 aromatic rings. The normalized spacial score (nSPS) is 10.8. The number of aromatic carboxylic acids is 1. The molecular formula is C11H11N3O2S2. The SMILES string of the molecule is CC(C)c1cc(C(=O)O)cc(Sc2nncs2)n1. The minimum Gasteiger partial charge on any atom is -0.478 e. The summed E-state index contributed by atoms with van der Waals surface area (Å²) in [6, 6.07) is 3.16. The van der Waals surface area contributed by atoms with Crippen molar-refractivity contribution in [2.75, 3.05) is 0 Å². The molecule has 0 aliphatic carbocycles. The highest BCUT2D eigenvalue weighted by molar-refractivity contribution is 8.00. The Bertz CT molecular complexity index is 555. The van der Waals surface area contributed by atoms with E-state index in [1.54, 1.807) is 17.6 Å². The molecule has 0 aromatic carbocycles. The first-order chi connectivity index (χ1) is 8.56. The molecule has 0 unspecified atom stereocenters. The molecule has 0 fully saturated rings. The lowest BCUT2D eigenvalue weighted by Crippen LogP contribution is -2.02. The summed E-state index contributed by atoms with van der Waals surface area (Å²) >= 11 is 2.73. The molecule has 2 aromatic heterocycles. The fraction of sp³-hybridized carbons (Fsp3) is 0.273. The Kier molecular flexibility index (Phi) is 3.93. The molecule has 2 heterocycles. The molecule has 18 heavy (non-hydrogen) atoms. The third-order valence-electron chi connectivity index (χ3n) is 2.19. The van der Waals surface area contributed by atoms with Gasteiger partial charge in [-0.2, -0.15) is 0 Å². The quantitative estimate of drug-likeness (QED) is 0.928. The van der Waals surface area contributed by atoms with E-state index in [2.05, 4.69) is 15.2 Å². The van der Waals surface area contributed by atoms with Crippen LogP contribution in [0.15, 0.2) is 27.0 Å². The maximum atomic E-state index is 11.1. The van der Waals surface area contributed by atoms with E-state index in [0.717, 1.165) is 10.0 Å². The van der Waals surface area contributed by atoms with Gasteiger partial charge in [0.2, 0.25) is 0 Å². The molecule has 0 aliphatic rings. The zero-order chi connectivity index (χ0) is 13.1. The molecule has 1 N–H and O–H groups in total. The van der Waals surface area contributed by atoms with Crippen LogP contribution in [-0.4, -0.2) is 26.3 Å². The van der Waals surface area contributed by atoms with Crippen LogP contribution in [0.3, 0.4) is 0 Å². The summed E-state index contributed by atoms with van der Waals surface area (Å²) < 4.78 is 0.750. The zero-order valence-corrected chi connectivity index (χ0v) is 11.5. The fourth-order valence-electron chi connectivity index (χ4n) is 1.29. The van der Waals surface area contributed by atoms with Crippen molar-refractivity contribution in [1.29, 1.82) is 0 Å². The summed E-state index contributed by atoms with van der Waals surface area (Å²) in [5.41, 5.74) is 2.65. The molecule has 0 radical (unpaired) electrons. The Morgan fingerprint density at radius 1 is 1.44 bits per heavy atom. The van der Waals surface area contributed by atoms with Crippen molar-refractivity contribution in [3.8, 4) is 0 Å². The molecular weight excluding hydrogens is 270 g/mol. The Hall–Kier alpha value is -1.47. The van der Waals surface area contributed by atoms with Gasteiger partial charge in [-0.1, -0.05) is 25.2 Å². The van der Waals surface area contributed by atoms with E-state index < -0.39 is 5.97 Å². The molecule has 0 spiro atoms. The van der Waals surface area contributed by atoms with E-state index in [4.69, 9.17) is 5.11 Å². The van der Waals surface area contributed by atoms with E-state index >= 15 is 0 Å². The number of rotatable bonds is 4. The second-order valence-electron chi connectivity index (χ2n) is 3.89. The first-order valence-electron chi connectivity index (χ1n) is 5.25. The van der Waals surface area contributed by atoms with E-state index in [1.807, 2.05) is 13.8 Å².